The molecule has 2 heterocycles. The highest BCUT2D eigenvalue weighted by Gasteiger charge is 2.08. The van der Waals surface area contributed by atoms with Crippen molar-refractivity contribution in [1.82, 2.24) is 20.6 Å². The Morgan fingerprint density at radius 3 is 2.81 bits per heavy atom. The lowest BCUT2D eigenvalue weighted by molar-refractivity contribution is 0.0947. The summed E-state index contributed by atoms with van der Waals surface area (Å²) in [5, 5.41) is 6.20. The van der Waals surface area contributed by atoms with Crippen LogP contribution in [0.15, 0.2) is 42.9 Å². The molecule has 0 aromatic carbocycles. The predicted octanol–water partition coefficient (Wildman–Crippen LogP) is 1.69. The van der Waals surface area contributed by atoms with Gasteiger partial charge >= 0.3 is 0 Å². The van der Waals surface area contributed by atoms with Crippen LogP contribution in [0.25, 0.3) is 0 Å². The minimum absolute atomic E-state index is 0.111. The fourth-order valence-corrected chi connectivity index (χ4v) is 1.96. The molecule has 5 heteroatoms. The smallest absolute Gasteiger partial charge is 0.270 e. The summed E-state index contributed by atoms with van der Waals surface area (Å²) in [7, 11) is 0. The van der Waals surface area contributed by atoms with Crippen molar-refractivity contribution in [3.63, 3.8) is 0 Å². The number of hydrogen-bond donors (Lipinski definition) is 2. The van der Waals surface area contributed by atoms with Crippen molar-refractivity contribution in [2.45, 2.75) is 19.9 Å². The quantitative estimate of drug-likeness (QED) is 0.759. The first-order valence-corrected chi connectivity index (χ1v) is 7.07. The zero-order chi connectivity index (χ0) is 14.9. The minimum atomic E-state index is -0.111. The van der Waals surface area contributed by atoms with Crippen LogP contribution >= 0.6 is 0 Å². The van der Waals surface area contributed by atoms with E-state index >= 15 is 0 Å². The van der Waals surface area contributed by atoms with Crippen LogP contribution in [-0.2, 0) is 6.54 Å². The molecule has 0 aliphatic carbocycles. The fourth-order valence-electron chi connectivity index (χ4n) is 1.96. The first kappa shape index (κ1) is 15.1. The van der Waals surface area contributed by atoms with Crippen molar-refractivity contribution in [2.24, 2.45) is 0 Å². The first-order valence-electron chi connectivity index (χ1n) is 7.07. The molecule has 0 fully saturated rings. The molecule has 0 atom stereocenters. The van der Waals surface area contributed by atoms with E-state index in [-0.39, 0.29) is 5.91 Å². The SMILES string of the molecule is Cc1cccnc1C(=O)NCCCNCc1cccnc1. The van der Waals surface area contributed by atoms with Gasteiger partial charge in [-0.2, -0.15) is 0 Å². The number of nitrogens with one attached hydrogen (secondary N) is 2. The fraction of sp³-hybridized carbons (Fsp3) is 0.312. The zero-order valence-corrected chi connectivity index (χ0v) is 12.2. The molecular formula is C16H20N4O. The molecule has 5 nitrogen and oxygen atoms in total. The summed E-state index contributed by atoms with van der Waals surface area (Å²) < 4.78 is 0. The van der Waals surface area contributed by atoms with Gasteiger partial charge in [-0.05, 0) is 43.1 Å². The van der Waals surface area contributed by atoms with E-state index in [1.807, 2.05) is 37.4 Å². The summed E-state index contributed by atoms with van der Waals surface area (Å²) in [5.74, 6) is -0.111. The number of rotatable bonds is 7. The number of carbonyl (C=O) groups excluding carboxylic acids is 1. The molecule has 2 aromatic rings. The molecule has 0 unspecified atom stereocenters. The largest absolute Gasteiger partial charge is 0.351 e. The molecule has 1 amide bonds. The molecule has 2 rings (SSSR count). The highest BCUT2D eigenvalue weighted by molar-refractivity contribution is 5.93. The van der Waals surface area contributed by atoms with Gasteiger partial charge in [0, 0.05) is 31.7 Å². The third-order valence-electron chi connectivity index (χ3n) is 3.09. The molecular weight excluding hydrogens is 264 g/mol. The van der Waals surface area contributed by atoms with Gasteiger partial charge in [-0.3, -0.25) is 14.8 Å². The second-order valence-corrected chi connectivity index (χ2v) is 4.82. The minimum Gasteiger partial charge on any atom is -0.351 e. The number of pyridine rings is 2. The number of aryl methyl sites for hydroxylation is 1. The van der Waals surface area contributed by atoms with Gasteiger partial charge in [0.15, 0.2) is 0 Å². The van der Waals surface area contributed by atoms with Gasteiger partial charge in [-0.15, -0.1) is 0 Å². The molecule has 110 valence electrons. The molecule has 0 aliphatic rings. The number of nitrogens with zero attached hydrogens (tertiary/aromatic N) is 2. The van der Waals surface area contributed by atoms with E-state index in [0.29, 0.717) is 12.2 Å². The lowest BCUT2D eigenvalue weighted by Crippen LogP contribution is -2.28. The Labute approximate surface area is 124 Å². The molecule has 2 aromatic heterocycles. The maximum absolute atomic E-state index is 11.9. The average Bonchev–Trinajstić information content (AvgIpc) is 2.52. The third kappa shape index (κ3) is 4.96. The van der Waals surface area contributed by atoms with E-state index in [9.17, 15) is 4.79 Å². The summed E-state index contributed by atoms with van der Waals surface area (Å²) in [5.41, 5.74) is 2.55. The Balaban J connectivity index is 1.62. The second kappa shape index (κ2) is 8.11. The van der Waals surface area contributed by atoms with Gasteiger partial charge in [0.05, 0.1) is 0 Å². The van der Waals surface area contributed by atoms with Gasteiger partial charge < -0.3 is 10.6 Å². The first-order chi connectivity index (χ1) is 10.3. The highest BCUT2D eigenvalue weighted by Crippen LogP contribution is 2.02. The van der Waals surface area contributed by atoms with Crippen molar-refractivity contribution in [3.05, 3.63) is 59.7 Å². The topological polar surface area (TPSA) is 66.9 Å². The van der Waals surface area contributed by atoms with E-state index in [1.54, 1.807) is 12.4 Å². The average molecular weight is 284 g/mol. The highest BCUT2D eigenvalue weighted by atomic mass is 16.1. The normalized spacial score (nSPS) is 10.3. The summed E-state index contributed by atoms with van der Waals surface area (Å²) in [4.78, 5) is 20.1. The predicted molar refractivity (Wildman–Crippen MR) is 81.9 cm³/mol. The summed E-state index contributed by atoms with van der Waals surface area (Å²) in [6, 6.07) is 7.67. The van der Waals surface area contributed by atoms with Gasteiger partial charge in [0.2, 0.25) is 0 Å². The molecule has 0 spiro atoms. The molecule has 0 radical (unpaired) electrons. The number of hydrogen-bond acceptors (Lipinski definition) is 4. The number of aromatic nitrogens is 2. The van der Waals surface area contributed by atoms with E-state index in [1.165, 1.54) is 0 Å². The summed E-state index contributed by atoms with van der Waals surface area (Å²) in [6.07, 6.45) is 6.12. The molecule has 2 N–H and O–H groups in total. The molecule has 0 saturated heterocycles. The Morgan fingerprint density at radius 1 is 1.19 bits per heavy atom. The third-order valence-corrected chi connectivity index (χ3v) is 3.09. The van der Waals surface area contributed by atoms with Crippen molar-refractivity contribution in [2.75, 3.05) is 13.1 Å². The van der Waals surface area contributed by atoms with E-state index in [4.69, 9.17) is 0 Å². The van der Waals surface area contributed by atoms with Gasteiger partial charge in [0.1, 0.15) is 5.69 Å². The molecule has 0 aliphatic heterocycles. The molecule has 0 saturated carbocycles. The van der Waals surface area contributed by atoms with Crippen molar-refractivity contribution < 1.29 is 4.79 Å². The zero-order valence-electron chi connectivity index (χ0n) is 12.2. The van der Waals surface area contributed by atoms with Crippen LogP contribution in [0, 0.1) is 6.92 Å². The number of amides is 1. The second-order valence-electron chi connectivity index (χ2n) is 4.82. The Morgan fingerprint density at radius 2 is 2.05 bits per heavy atom. The van der Waals surface area contributed by atoms with E-state index in [2.05, 4.69) is 20.6 Å². The number of carbonyl (C=O) groups is 1. The summed E-state index contributed by atoms with van der Waals surface area (Å²) in [6.45, 7) is 4.16. The van der Waals surface area contributed by atoms with Crippen LogP contribution in [0.2, 0.25) is 0 Å². The summed E-state index contributed by atoms with van der Waals surface area (Å²) >= 11 is 0. The standard InChI is InChI=1S/C16H20N4O/c1-13-5-2-9-19-15(13)16(21)20-10-4-8-18-12-14-6-3-7-17-11-14/h2-3,5-7,9,11,18H,4,8,10,12H2,1H3,(H,20,21). The van der Waals surface area contributed by atoms with Crippen LogP contribution in [0.5, 0.6) is 0 Å². The molecule has 21 heavy (non-hydrogen) atoms. The molecule has 0 bridgehead atoms. The van der Waals surface area contributed by atoms with Gasteiger partial charge in [-0.1, -0.05) is 12.1 Å². The van der Waals surface area contributed by atoms with Crippen molar-refractivity contribution in [3.8, 4) is 0 Å². The van der Waals surface area contributed by atoms with Crippen LogP contribution < -0.4 is 10.6 Å². The monoisotopic (exact) mass is 284 g/mol. The van der Waals surface area contributed by atoms with Crippen molar-refractivity contribution >= 4 is 5.91 Å². The van der Waals surface area contributed by atoms with E-state index in [0.717, 1.165) is 30.6 Å². The Bertz CT molecular complexity index is 571. The van der Waals surface area contributed by atoms with Gasteiger partial charge in [-0.25, -0.2) is 0 Å². The van der Waals surface area contributed by atoms with Crippen LogP contribution in [-0.4, -0.2) is 29.0 Å². The van der Waals surface area contributed by atoms with Crippen LogP contribution in [0.1, 0.15) is 28.0 Å². The van der Waals surface area contributed by atoms with Gasteiger partial charge in [0.25, 0.3) is 5.91 Å². The maximum atomic E-state index is 11.9. The van der Waals surface area contributed by atoms with Crippen LogP contribution in [0.4, 0.5) is 0 Å². The Kier molecular flexibility index (Phi) is 5.84. The maximum Gasteiger partial charge on any atom is 0.270 e. The lowest BCUT2D eigenvalue weighted by Gasteiger charge is -2.07. The lowest BCUT2D eigenvalue weighted by atomic mass is 10.2. The van der Waals surface area contributed by atoms with E-state index < -0.39 is 0 Å². The Hall–Kier alpha value is -2.27. The van der Waals surface area contributed by atoms with Crippen LogP contribution in [0.3, 0.4) is 0 Å². The van der Waals surface area contributed by atoms with Crippen molar-refractivity contribution in [1.29, 1.82) is 0 Å².